The molecule has 9 nitrogen and oxygen atoms in total. The second-order valence-electron chi connectivity index (χ2n) is 6.15. The number of nitrogens with two attached hydrogens (primary N) is 2. The van der Waals surface area contributed by atoms with Gasteiger partial charge in [-0.1, -0.05) is 12.1 Å². The second kappa shape index (κ2) is 7.41. The summed E-state index contributed by atoms with van der Waals surface area (Å²) in [5.74, 6) is 0.701. The van der Waals surface area contributed by atoms with Gasteiger partial charge in [0.05, 0.1) is 22.0 Å². The Morgan fingerprint density at radius 3 is 2.52 bits per heavy atom. The monoisotopic (exact) mass is 396 g/mol. The van der Waals surface area contributed by atoms with Crippen molar-refractivity contribution in [1.82, 2.24) is 20.2 Å². The Kier molecular flexibility index (Phi) is 5.19. The molecule has 0 unspecified atom stereocenters. The molecule has 150 valence electrons. The van der Waals surface area contributed by atoms with Crippen LogP contribution in [0, 0.1) is 0 Å². The highest BCUT2D eigenvalue weighted by molar-refractivity contribution is 7.92. The van der Waals surface area contributed by atoms with Gasteiger partial charge >= 0.3 is 0 Å². The number of hydrogen-bond acceptors (Lipinski definition) is 9. The number of aromatic nitrogens is 4. The van der Waals surface area contributed by atoms with Crippen LogP contribution >= 0.6 is 0 Å². The minimum atomic E-state index is -3.34. The first-order chi connectivity index (χ1) is 12.8. The smallest absolute Gasteiger partial charge is 0.270 e. The number of benzene rings is 1. The number of sulfone groups is 1. The number of nitrogen functional groups attached to an aromatic ring is 1. The van der Waals surface area contributed by atoms with Crippen molar-refractivity contribution in [3.8, 4) is 22.8 Å². The molecule has 3 aromatic rings. The van der Waals surface area contributed by atoms with Crippen molar-refractivity contribution < 1.29 is 18.5 Å². The first-order valence-corrected chi connectivity index (χ1v) is 9.87. The van der Waals surface area contributed by atoms with E-state index in [-0.39, 0.29) is 28.0 Å². The molecule has 0 aliphatic rings. The fourth-order valence-corrected chi connectivity index (χ4v) is 3.42. The Morgan fingerprint density at radius 2 is 1.89 bits per heavy atom. The summed E-state index contributed by atoms with van der Waals surface area (Å²) >= 11 is 0. The van der Waals surface area contributed by atoms with Crippen LogP contribution in [0.1, 0.15) is 25.4 Å². The third kappa shape index (κ3) is 3.81. The zero-order chi connectivity index (χ0) is 19.6. The van der Waals surface area contributed by atoms with Crippen molar-refractivity contribution in [3.05, 3.63) is 36.4 Å². The van der Waals surface area contributed by atoms with Crippen LogP contribution < -0.4 is 11.5 Å². The van der Waals surface area contributed by atoms with Gasteiger partial charge in [0.1, 0.15) is 0 Å². The molecular formula is C17H28N6O3S. The molecule has 2 aromatic heterocycles. The Morgan fingerprint density at radius 1 is 1.19 bits per heavy atom. The summed E-state index contributed by atoms with van der Waals surface area (Å²) in [6.45, 7) is 3.67. The lowest BCUT2D eigenvalue weighted by Gasteiger charge is -2.09. The predicted octanol–water partition coefficient (Wildman–Crippen LogP) is 2.44. The van der Waals surface area contributed by atoms with E-state index >= 15 is 0 Å². The Hall–Kier alpha value is -2.85. The molecule has 27 heavy (non-hydrogen) atoms. The number of nitrogens with zero attached hydrogens (tertiary/aromatic N) is 4. The average molecular weight is 397 g/mol. The quantitative estimate of drug-likeness (QED) is 0.640. The molecular weight excluding hydrogens is 368 g/mol. The van der Waals surface area contributed by atoms with E-state index in [0.717, 1.165) is 0 Å². The van der Waals surface area contributed by atoms with Crippen LogP contribution in [0.2, 0.25) is 0 Å². The number of hydrogen-bond donors (Lipinski definition) is 2. The highest BCUT2D eigenvalue weighted by Gasteiger charge is 2.20. The second-order valence-corrected chi connectivity index (χ2v) is 8.65. The van der Waals surface area contributed by atoms with Gasteiger partial charge in [-0.2, -0.15) is 0 Å². The van der Waals surface area contributed by atoms with Gasteiger partial charge in [0.25, 0.3) is 5.89 Å². The van der Waals surface area contributed by atoms with Gasteiger partial charge in [0, 0.05) is 24.2 Å². The lowest BCUT2D eigenvalue weighted by Crippen LogP contribution is -2.13. The van der Waals surface area contributed by atoms with Gasteiger partial charge in [-0.05, 0) is 26.0 Å². The third-order valence-corrected chi connectivity index (χ3v) is 6.10. The van der Waals surface area contributed by atoms with Crippen molar-refractivity contribution in [2.45, 2.75) is 30.4 Å². The summed E-state index contributed by atoms with van der Waals surface area (Å²) in [5.41, 5.74) is 12.8. The normalized spacial score (nSPS) is 11.9. The molecule has 0 aliphatic carbocycles. The highest BCUT2D eigenvalue weighted by atomic mass is 32.2. The zero-order valence-electron chi connectivity index (χ0n) is 15.0. The lowest BCUT2D eigenvalue weighted by molar-refractivity contribution is 0.505. The molecule has 1 aromatic carbocycles. The maximum Gasteiger partial charge on any atom is 0.270 e. The van der Waals surface area contributed by atoms with Crippen LogP contribution in [0.3, 0.4) is 0 Å². The Labute approximate surface area is 162 Å². The van der Waals surface area contributed by atoms with Crippen LogP contribution in [-0.2, 0) is 16.3 Å². The van der Waals surface area contributed by atoms with Gasteiger partial charge in [-0.15, -0.1) is 10.2 Å². The standard InChI is InChI=1S/C17H20N6O3S.4H2/c1-10(2)27(24,25)12-5-3-11(4-6-12)13-9-20-16(19)15(21-13)17-23-22-14(26-17)7-8-18;;;;/h3-6,9-10H,7-8,18H2,1-2H3,(H2,19,20);4*1H. The molecule has 10 heteroatoms. The molecule has 0 saturated heterocycles. The third-order valence-electron chi connectivity index (χ3n) is 3.93. The first kappa shape index (κ1) is 18.9. The van der Waals surface area contributed by atoms with Crippen LogP contribution in [0.25, 0.3) is 22.8 Å². The predicted molar refractivity (Wildman–Crippen MR) is 109 cm³/mol. The van der Waals surface area contributed by atoms with Crippen molar-refractivity contribution in [2.75, 3.05) is 12.3 Å². The van der Waals surface area contributed by atoms with Gasteiger partial charge in [-0.25, -0.2) is 18.4 Å². The molecule has 4 N–H and O–H groups in total. The van der Waals surface area contributed by atoms with Crippen molar-refractivity contribution in [1.29, 1.82) is 0 Å². The maximum atomic E-state index is 12.2. The minimum absolute atomic E-state index is 0. The van der Waals surface area contributed by atoms with Crippen LogP contribution in [0.4, 0.5) is 5.82 Å². The lowest BCUT2D eigenvalue weighted by atomic mass is 10.1. The van der Waals surface area contributed by atoms with Crippen molar-refractivity contribution in [3.63, 3.8) is 0 Å². The van der Waals surface area contributed by atoms with E-state index in [4.69, 9.17) is 15.9 Å². The van der Waals surface area contributed by atoms with E-state index in [1.54, 1.807) is 38.1 Å². The van der Waals surface area contributed by atoms with Crippen LogP contribution in [-0.4, -0.2) is 40.4 Å². The molecule has 0 atom stereocenters. The van der Waals surface area contributed by atoms with Crippen LogP contribution in [0.5, 0.6) is 0 Å². The van der Waals surface area contributed by atoms with E-state index in [2.05, 4.69) is 20.2 Å². The van der Waals surface area contributed by atoms with E-state index in [0.29, 0.717) is 30.1 Å². The molecule has 0 saturated carbocycles. The average Bonchev–Trinajstić information content (AvgIpc) is 3.11. The molecule has 0 aliphatic heterocycles. The summed E-state index contributed by atoms with van der Waals surface area (Å²) < 4.78 is 30.0. The SMILES string of the molecule is CC(C)S(=O)(=O)c1ccc(-c2cnc(N)c(-c3nnc(CCN)o3)n2)cc1.[HH].[HH].[HH].[HH]. The van der Waals surface area contributed by atoms with Gasteiger partial charge < -0.3 is 15.9 Å². The number of anilines is 1. The van der Waals surface area contributed by atoms with E-state index in [1.807, 2.05) is 0 Å². The summed E-state index contributed by atoms with van der Waals surface area (Å²) in [6, 6.07) is 6.45. The van der Waals surface area contributed by atoms with Crippen molar-refractivity contribution in [2.24, 2.45) is 5.73 Å². The van der Waals surface area contributed by atoms with Gasteiger partial charge in [0.15, 0.2) is 21.3 Å². The Bertz CT molecular complexity index is 1060. The van der Waals surface area contributed by atoms with Crippen LogP contribution in [0.15, 0.2) is 39.8 Å². The highest BCUT2D eigenvalue weighted by Crippen LogP contribution is 2.26. The summed E-state index contributed by atoms with van der Waals surface area (Å²) in [4.78, 5) is 8.84. The van der Waals surface area contributed by atoms with Crippen molar-refractivity contribution >= 4 is 15.7 Å². The largest absolute Gasteiger partial charge is 0.419 e. The molecule has 0 amide bonds. The minimum Gasteiger partial charge on any atom is -0.419 e. The maximum absolute atomic E-state index is 12.2. The fourth-order valence-electron chi connectivity index (χ4n) is 2.36. The Balaban J connectivity index is 0. The first-order valence-electron chi connectivity index (χ1n) is 8.32. The van der Waals surface area contributed by atoms with E-state index in [9.17, 15) is 8.42 Å². The van der Waals surface area contributed by atoms with E-state index < -0.39 is 15.1 Å². The summed E-state index contributed by atoms with van der Waals surface area (Å²) in [7, 11) is -3.34. The molecule has 0 fully saturated rings. The topological polar surface area (TPSA) is 151 Å². The van der Waals surface area contributed by atoms with Gasteiger partial charge in [0.2, 0.25) is 5.89 Å². The summed E-state index contributed by atoms with van der Waals surface area (Å²) in [6.07, 6.45) is 1.95. The van der Waals surface area contributed by atoms with Gasteiger partial charge in [-0.3, -0.25) is 0 Å². The molecule has 3 rings (SSSR count). The fraction of sp³-hybridized carbons (Fsp3) is 0.294. The molecule has 0 spiro atoms. The molecule has 0 radical (unpaired) electrons. The summed E-state index contributed by atoms with van der Waals surface area (Å²) in [5, 5.41) is 7.33. The molecule has 2 heterocycles. The zero-order valence-corrected chi connectivity index (χ0v) is 15.8. The number of rotatable bonds is 6. The van der Waals surface area contributed by atoms with E-state index in [1.165, 1.54) is 6.20 Å². The molecule has 0 bridgehead atoms.